The molecule has 2 aliphatic rings. The zero-order chi connectivity index (χ0) is 21.6. The first-order valence-electron chi connectivity index (χ1n) is 10.9. The number of nitrogens with one attached hydrogen (secondary N) is 1. The van der Waals surface area contributed by atoms with E-state index in [1.54, 1.807) is 19.1 Å². The molecule has 2 aromatic rings. The van der Waals surface area contributed by atoms with Crippen LogP contribution in [0.5, 0.6) is 0 Å². The molecule has 1 N–H and O–H groups in total. The summed E-state index contributed by atoms with van der Waals surface area (Å²) >= 11 is 0. The molecule has 0 bridgehead atoms. The van der Waals surface area contributed by atoms with Gasteiger partial charge in [0.05, 0.1) is 10.6 Å². The van der Waals surface area contributed by atoms with Crippen molar-refractivity contribution in [3.8, 4) is 0 Å². The van der Waals surface area contributed by atoms with Crippen LogP contribution in [0, 0.1) is 10.1 Å². The fraction of sp³-hybridized carbons (Fsp3) is 0.524. The maximum atomic E-state index is 11.0. The van der Waals surface area contributed by atoms with Crippen molar-refractivity contribution in [2.45, 2.75) is 45.4 Å². The van der Waals surface area contributed by atoms with E-state index in [-0.39, 0.29) is 5.69 Å². The fourth-order valence-electron chi connectivity index (χ4n) is 3.92. The van der Waals surface area contributed by atoms with Crippen LogP contribution in [0.25, 0.3) is 0 Å². The number of hydrogen-bond acceptors (Lipinski definition) is 9. The summed E-state index contributed by atoms with van der Waals surface area (Å²) in [7, 11) is 0. The smallest absolute Gasteiger partial charge is 0.270 e. The van der Waals surface area contributed by atoms with Crippen LogP contribution >= 0.6 is 0 Å². The van der Waals surface area contributed by atoms with Crippen LogP contribution in [-0.4, -0.2) is 51.8 Å². The van der Waals surface area contributed by atoms with E-state index in [4.69, 9.17) is 4.98 Å². The van der Waals surface area contributed by atoms with Crippen LogP contribution in [0.4, 0.5) is 23.5 Å². The highest BCUT2D eigenvalue weighted by molar-refractivity contribution is 5.99. The van der Waals surface area contributed by atoms with Crippen LogP contribution in [0.1, 0.15) is 51.0 Å². The quantitative estimate of drug-likeness (QED) is 0.425. The van der Waals surface area contributed by atoms with E-state index in [1.807, 2.05) is 0 Å². The van der Waals surface area contributed by atoms with E-state index < -0.39 is 4.92 Å². The minimum absolute atomic E-state index is 0.0342. The summed E-state index contributed by atoms with van der Waals surface area (Å²) in [6, 6.07) is 6.41. The van der Waals surface area contributed by atoms with Crippen LogP contribution in [0.15, 0.2) is 29.4 Å². The lowest BCUT2D eigenvalue weighted by Crippen LogP contribution is -2.34. The summed E-state index contributed by atoms with van der Waals surface area (Å²) in [5.41, 5.74) is 4.27. The van der Waals surface area contributed by atoms with Crippen molar-refractivity contribution in [2.75, 3.05) is 41.4 Å². The molecule has 164 valence electrons. The third-order valence-electron chi connectivity index (χ3n) is 5.69. The van der Waals surface area contributed by atoms with E-state index >= 15 is 0 Å². The number of piperidine rings is 2. The first-order chi connectivity index (χ1) is 15.1. The van der Waals surface area contributed by atoms with Crippen molar-refractivity contribution in [2.24, 2.45) is 5.10 Å². The van der Waals surface area contributed by atoms with Gasteiger partial charge in [-0.15, -0.1) is 0 Å². The van der Waals surface area contributed by atoms with Gasteiger partial charge in [0.1, 0.15) is 0 Å². The number of benzene rings is 1. The number of hydrogen-bond donors (Lipinski definition) is 1. The average Bonchev–Trinajstić information content (AvgIpc) is 2.83. The second-order valence-electron chi connectivity index (χ2n) is 7.97. The average molecular weight is 425 g/mol. The van der Waals surface area contributed by atoms with Gasteiger partial charge in [0.25, 0.3) is 5.69 Å². The number of nitro benzene ring substituents is 1. The number of non-ortho nitro benzene ring substituents is 1. The SMILES string of the molecule is CC(=NNc1nc(N2CCCCC2)nc(N2CCCCC2)n1)c1cccc([N+](=O)[O-])c1. The Hall–Kier alpha value is -3.30. The molecule has 4 rings (SSSR count). The minimum Gasteiger partial charge on any atom is -0.341 e. The van der Waals surface area contributed by atoms with Crippen LogP contribution < -0.4 is 15.2 Å². The Morgan fingerprint density at radius 1 is 0.968 bits per heavy atom. The summed E-state index contributed by atoms with van der Waals surface area (Å²) in [5.74, 6) is 1.75. The summed E-state index contributed by atoms with van der Waals surface area (Å²) in [5, 5.41) is 15.4. The maximum Gasteiger partial charge on any atom is 0.270 e. The van der Waals surface area contributed by atoms with Crippen LogP contribution in [0.2, 0.25) is 0 Å². The third kappa shape index (κ3) is 5.25. The summed E-state index contributed by atoms with van der Waals surface area (Å²) in [6.45, 7) is 5.57. The van der Waals surface area contributed by atoms with Crippen molar-refractivity contribution >= 4 is 29.2 Å². The Kier molecular flexibility index (Phi) is 6.54. The van der Waals surface area contributed by atoms with Gasteiger partial charge >= 0.3 is 0 Å². The van der Waals surface area contributed by atoms with Gasteiger partial charge in [-0.2, -0.15) is 20.1 Å². The van der Waals surface area contributed by atoms with Crippen LogP contribution in [-0.2, 0) is 0 Å². The lowest BCUT2D eigenvalue weighted by atomic mass is 10.1. The molecule has 0 aliphatic carbocycles. The Labute approximate surface area is 181 Å². The molecule has 1 aromatic heterocycles. The lowest BCUT2D eigenvalue weighted by Gasteiger charge is -2.30. The Balaban J connectivity index is 1.59. The zero-order valence-electron chi connectivity index (χ0n) is 17.8. The molecular formula is C21H28N8O2. The van der Waals surface area contributed by atoms with E-state index in [0.717, 1.165) is 51.9 Å². The van der Waals surface area contributed by atoms with Crippen molar-refractivity contribution in [3.63, 3.8) is 0 Å². The second kappa shape index (κ2) is 9.67. The Morgan fingerprint density at radius 2 is 1.55 bits per heavy atom. The molecule has 2 saturated heterocycles. The van der Waals surface area contributed by atoms with E-state index in [1.165, 1.54) is 25.0 Å². The number of nitrogens with zero attached hydrogens (tertiary/aromatic N) is 7. The molecule has 0 amide bonds. The largest absolute Gasteiger partial charge is 0.341 e. The molecule has 0 spiro atoms. The third-order valence-corrected chi connectivity index (χ3v) is 5.69. The predicted molar refractivity (Wildman–Crippen MR) is 121 cm³/mol. The van der Waals surface area contributed by atoms with Gasteiger partial charge in [0.15, 0.2) is 0 Å². The highest BCUT2D eigenvalue weighted by atomic mass is 16.6. The first-order valence-corrected chi connectivity index (χ1v) is 10.9. The molecular weight excluding hydrogens is 396 g/mol. The van der Waals surface area contributed by atoms with Crippen molar-refractivity contribution in [1.29, 1.82) is 0 Å². The van der Waals surface area contributed by atoms with Gasteiger partial charge in [-0.3, -0.25) is 10.1 Å². The fourth-order valence-corrected chi connectivity index (χ4v) is 3.92. The normalized spacial score (nSPS) is 17.5. The topological polar surface area (TPSA) is 113 Å². The number of rotatable bonds is 6. The van der Waals surface area contributed by atoms with Crippen molar-refractivity contribution < 1.29 is 4.92 Å². The summed E-state index contributed by atoms with van der Waals surface area (Å²) in [6.07, 6.45) is 7.01. The van der Waals surface area contributed by atoms with Crippen molar-refractivity contribution in [1.82, 2.24) is 15.0 Å². The van der Waals surface area contributed by atoms with Gasteiger partial charge in [-0.05, 0) is 45.4 Å². The number of nitro groups is 1. The van der Waals surface area contributed by atoms with Gasteiger partial charge in [0.2, 0.25) is 17.8 Å². The number of aromatic nitrogens is 3. The monoisotopic (exact) mass is 424 g/mol. The highest BCUT2D eigenvalue weighted by Crippen LogP contribution is 2.22. The van der Waals surface area contributed by atoms with E-state index in [0.29, 0.717) is 29.1 Å². The first kappa shape index (κ1) is 21.0. The molecule has 2 aliphatic heterocycles. The molecule has 0 atom stereocenters. The van der Waals surface area contributed by atoms with Gasteiger partial charge in [0, 0.05) is 43.9 Å². The molecule has 0 radical (unpaired) electrons. The molecule has 10 nitrogen and oxygen atoms in total. The van der Waals surface area contributed by atoms with Gasteiger partial charge in [-0.1, -0.05) is 12.1 Å². The molecule has 0 saturated carbocycles. The lowest BCUT2D eigenvalue weighted by molar-refractivity contribution is -0.384. The van der Waals surface area contributed by atoms with Gasteiger partial charge in [-0.25, -0.2) is 5.43 Å². The number of hydrazone groups is 1. The van der Waals surface area contributed by atoms with E-state index in [9.17, 15) is 10.1 Å². The van der Waals surface area contributed by atoms with Crippen LogP contribution in [0.3, 0.4) is 0 Å². The summed E-state index contributed by atoms with van der Waals surface area (Å²) in [4.78, 5) is 29.0. The predicted octanol–water partition coefficient (Wildman–Crippen LogP) is 3.60. The summed E-state index contributed by atoms with van der Waals surface area (Å²) < 4.78 is 0. The Bertz CT molecular complexity index is 916. The number of anilines is 3. The Morgan fingerprint density at radius 3 is 2.10 bits per heavy atom. The van der Waals surface area contributed by atoms with Gasteiger partial charge < -0.3 is 9.80 Å². The molecule has 1 aromatic carbocycles. The standard InChI is InChI=1S/C21H28N8O2/c1-16(17-9-8-10-18(15-17)29(30)31)25-26-19-22-20(27-11-4-2-5-12-27)24-21(23-19)28-13-6-3-7-14-28/h8-10,15H,2-7,11-14H2,1H3,(H,22,23,24,26). The maximum absolute atomic E-state index is 11.0. The highest BCUT2D eigenvalue weighted by Gasteiger charge is 2.20. The molecule has 3 heterocycles. The minimum atomic E-state index is -0.411. The molecule has 2 fully saturated rings. The van der Waals surface area contributed by atoms with E-state index in [2.05, 4.69) is 30.3 Å². The molecule has 0 unspecified atom stereocenters. The van der Waals surface area contributed by atoms with Crippen molar-refractivity contribution in [3.05, 3.63) is 39.9 Å². The molecule has 10 heteroatoms. The molecule has 31 heavy (non-hydrogen) atoms. The second-order valence-corrected chi connectivity index (χ2v) is 7.97. The zero-order valence-corrected chi connectivity index (χ0v) is 17.8.